The molecule has 0 radical (unpaired) electrons. The molecule has 1 aromatic rings. The van der Waals surface area contributed by atoms with Gasteiger partial charge in [0, 0.05) is 13.2 Å². The number of ether oxygens (including phenoxy) is 1. The lowest BCUT2D eigenvalue weighted by atomic mass is 10.2. The second kappa shape index (κ2) is 6.51. The predicted octanol–water partition coefficient (Wildman–Crippen LogP) is 2.85. The molecule has 1 rings (SSSR count). The third-order valence-corrected chi connectivity index (χ3v) is 2.40. The fourth-order valence-corrected chi connectivity index (χ4v) is 1.49. The van der Waals surface area contributed by atoms with E-state index in [1.807, 2.05) is 0 Å². The summed E-state index contributed by atoms with van der Waals surface area (Å²) in [5.74, 6) is 0. The molecule has 0 bridgehead atoms. The summed E-state index contributed by atoms with van der Waals surface area (Å²) < 4.78 is 42.8. The normalized spacial score (nSPS) is 13.1. The van der Waals surface area contributed by atoms with Crippen molar-refractivity contribution in [1.82, 2.24) is 4.98 Å². The van der Waals surface area contributed by atoms with Crippen LogP contribution in [0.15, 0.2) is 12.3 Å². The van der Waals surface area contributed by atoms with Gasteiger partial charge in [-0.25, -0.2) is 4.98 Å². The quantitative estimate of drug-likeness (QED) is 0.644. The first-order chi connectivity index (χ1) is 9.25. The molecule has 0 aliphatic heterocycles. The van der Waals surface area contributed by atoms with Crippen LogP contribution in [0.25, 0.3) is 0 Å². The largest absolute Gasteiger partial charge is 0.433 e. The Labute approximate surface area is 113 Å². The van der Waals surface area contributed by atoms with Gasteiger partial charge in [-0.15, -0.1) is 0 Å². The highest BCUT2D eigenvalue weighted by atomic mass is 19.4. The Morgan fingerprint density at radius 2 is 2.20 bits per heavy atom. The Bertz CT molecular complexity index is 480. The van der Waals surface area contributed by atoms with Crippen molar-refractivity contribution in [2.75, 3.05) is 18.5 Å². The maximum absolute atomic E-state index is 12.5. The Balaban J connectivity index is 2.98. The summed E-state index contributed by atoms with van der Waals surface area (Å²) in [6, 6.07) is 0.622. The summed E-state index contributed by atoms with van der Waals surface area (Å²) >= 11 is 0. The van der Waals surface area contributed by atoms with Crippen LogP contribution in [0.1, 0.15) is 19.5 Å². The number of hydrogen-bond acceptors (Lipinski definition) is 5. The second-order valence-electron chi connectivity index (χ2n) is 3.99. The van der Waals surface area contributed by atoms with Crippen molar-refractivity contribution in [1.29, 1.82) is 0 Å². The van der Waals surface area contributed by atoms with E-state index < -0.39 is 22.5 Å². The molecule has 1 heterocycles. The van der Waals surface area contributed by atoms with E-state index in [4.69, 9.17) is 4.74 Å². The van der Waals surface area contributed by atoms with Crippen molar-refractivity contribution in [3.05, 3.63) is 28.1 Å². The lowest BCUT2D eigenvalue weighted by Gasteiger charge is -2.14. The highest BCUT2D eigenvalue weighted by Gasteiger charge is 2.34. The third kappa shape index (κ3) is 4.34. The number of alkyl halides is 3. The minimum absolute atomic E-state index is 0.149. The Morgan fingerprint density at radius 1 is 1.55 bits per heavy atom. The average Bonchev–Trinajstić information content (AvgIpc) is 2.35. The number of nitrogens with zero attached hydrogens (tertiary/aromatic N) is 2. The standard InChI is InChI=1S/C11H14F3N3O3/c1-3-20-7(2)5-15-8-4-10(11(12,13)14)16-6-9(8)17(18)19/h4,6-7H,3,5H2,1-2H3,(H,15,16). The molecular formula is C11H14F3N3O3. The van der Waals surface area contributed by atoms with Crippen molar-refractivity contribution in [2.45, 2.75) is 26.1 Å². The summed E-state index contributed by atoms with van der Waals surface area (Å²) in [6.45, 7) is 4.06. The van der Waals surface area contributed by atoms with Crippen LogP contribution >= 0.6 is 0 Å². The predicted molar refractivity (Wildman–Crippen MR) is 65.5 cm³/mol. The van der Waals surface area contributed by atoms with Crippen LogP contribution in [-0.2, 0) is 10.9 Å². The van der Waals surface area contributed by atoms with Gasteiger partial charge in [-0.2, -0.15) is 13.2 Å². The number of rotatable bonds is 6. The van der Waals surface area contributed by atoms with Crippen molar-refractivity contribution in [3.63, 3.8) is 0 Å². The first-order valence-electron chi connectivity index (χ1n) is 5.82. The van der Waals surface area contributed by atoms with E-state index in [1.54, 1.807) is 13.8 Å². The molecule has 0 amide bonds. The molecule has 0 spiro atoms. The van der Waals surface area contributed by atoms with Gasteiger partial charge in [0.25, 0.3) is 0 Å². The molecule has 9 heteroatoms. The monoisotopic (exact) mass is 293 g/mol. The van der Waals surface area contributed by atoms with E-state index in [-0.39, 0.29) is 18.3 Å². The van der Waals surface area contributed by atoms with Crippen molar-refractivity contribution in [3.8, 4) is 0 Å². The van der Waals surface area contributed by atoms with Crippen LogP contribution in [0, 0.1) is 10.1 Å². The van der Waals surface area contributed by atoms with Gasteiger partial charge >= 0.3 is 11.9 Å². The van der Waals surface area contributed by atoms with Crippen LogP contribution in [0.4, 0.5) is 24.5 Å². The number of nitro groups is 1. The van der Waals surface area contributed by atoms with Crippen molar-refractivity contribution < 1.29 is 22.8 Å². The molecule has 6 nitrogen and oxygen atoms in total. The summed E-state index contributed by atoms with van der Waals surface area (Å²) in [7, 11) is 0. The summed E-state index contributed by atoms with van der Waals surface area (Å²) in [5.41, 5.74) is -1.93. The molecule has 0 saturated carbocycles. The molecule has 0 saturated heterocycles. The summed E-state index contributed by atoms with van der Waals surface area (Å²) in [4.78, 5) is 13.0. The number of anilines is 1. The lowest BCUT2D eigenvalue weighted by Crippen LogP contribution is -2.20. The van der Waals surface area contributed by atoms with Gasteiger partial charge in [-0.05, 0) is 19.9 Å². The van der Waals surface area contributed by atoms with Crippen LogP contribution in [0.2, 0.25) is 0 Å². The third-order valence-electron chi connectivity index (χ3n) is 2.40. The van der Waals surface area contributed by atoms with Crippen LogP contribution in [0.5, 0.6) is 0 Å². The molecule has 0 fully saturated rings. The van der Waals surface area contributed by atoms with E-state index in [0.29, 0.717) is 18.9 Å². The minimum Gasteiger partial charge on any atom is -0.377 e. The molecule has 20 heavy (non-hydrogen) atoms. The van der Waals surface area contributed by atoms with E-state index >= 15 is 0 Å². The highest BCUT2D eigenvalue weighted by molar-refractivity contribution is 5.61. The molecule has 0 aliphatic rings. The van der Waals surface area contributed by atoms with Crippen LogP contribution < -0.4 is 5.32 Å². The Morgan fingerprint density at radius 3 is 2.70 bits per heavy atom. The lowest BCUT2D eigenvalue weighted by molar-refractivity contribution is -0.384. The maximum Gasteiger partial charge on any atom is 0.433 e. The second-order valence-corrected chi connectivity index (χ2v) is 3.99. The fourth-order valence-electron chi connectivity index (χ4n) is 1.49. The molecule has 1 unspecified atom stereocenters. The topological polar surface area (TPSA) is 77.3 Å². The van der Waals surface area contributed by atoms with E-state index in [9.17, 15) is 23.3 Å². The zero-order valence-corrected chi connectivity index (χ0v) is 10.9. The smallest absolute Gasteiger partial charge is 0.377 e. The van der Waals surface area contributed by atoms with Gasteiger partial charge in [-0.1, -0.05) is 0 Å². The number of nitrogens with one attached hydrogen (secondary N) is 1. The SMILES string of the molecule is CCOC(C)CNc1cc(C(F)(F)F)ncc1[N+](=O)[O-]. The highest BCUT2D eigenvalue weighted by Crippen LogP contribution is 2.32. The number of pyridine rings is 1. The van der Waals surface area contributed by atoms with E-state index in [1.165, 1.54) is 0 Å². The van der Waals surface area contributed by atoms with Gasteiger partial charge in [0.2, 0.25) is 0 Å². The molecule has 1 atom stereocenters. The number of aromatic nitrogens is 1. The zero-order valence-electron chi connectivity index (χ0n) is 10.9. The first kappa shape index (κ1) is 16.2. The van der Waals surface area contributed by atoms with Gasteiger partial charge in [0.05, 0.1) is 11.0 Å². The first-order valence-corrected chi connectivity index (χ1v) is 5.82. The molecule has 0 aliphatic carbocycles. The maximum atomic E-state index is 12.5. The molecule has 0 aromatic carbocycles. The molecule has 1 aromatic heterocycles. The Kier molecular flexibility index (Phi) is 5.26. The fraction of sp³-hybridized carbons (Fsp3) is 0.545. The molecule has 1 N–H and O–H groups in total. The summed E-state index contributed by atoms with van der Waals surface area (Å²) in [5, 5.41) is 13.4. The zero-order chi connectivity index (χ0) is 15.3. The van der Waals surface area contributed by atoms with E-state index in [2.05, 4.69) is 10.3 Å². The van der Waals surface area contributed by atoms with Crippen molar-refractivity contribution in [2.24, 2.45) is 0 Å². The number of hydrogen-bond donors (Lipinski definition) is 1. The average molecular weight is 293 g/mol. The molecule has 112 valence electrons. The van der Waals surface area contributed by atoms with Gasteiger partial charge < -0.3 is 10.1 Å². The van der Waals surface area contributed by atoms with Gasteiger partial charge in [0.1, 0.15) is 17.6 Å². The van der Waals surface area contributed by atoms with Crippen LogP contribution in [-0.4, -0.2) is 29.2 Å². The summed E-state index contributed by atoms with van der Waals surface area (Å²) in [6.07, 6.45) is -4.35. The van der Waals surface area contributed by atoms with Gasteiger partial charge in [0.15, 0.2) is 0 Å². The van der Waals surface area contributed by atoms with E-state index in [0.717, 1.165) is 0 Å². The van der Waals surface area contributed by atoms with Crippen molar-refractivity contribution >= 4 is 11.4 Å². The minimum atomic E-state index is -4.66. The molecular weight excluding hydrogens is 279 g/mol. The Hall–Kier alpha value is -1.90. The van der Waals surface area contributed by atoms with Crippen LogP contribution in [0.3, 0.4) is 0 Å². The number of halogens is 3. The van der Waals surface area contributed by atoms with Gasteiger partial charge in [-0.3, -0.25) is 10.1 Å².